The molecule has 0 atom stereocenters. The lowest BCUT2D eigenvalue weighted by Gasteiger charge is -2.14. The largest absolute Gasteiger partial charge is 0.491 e. The van der Waals surface area contributed by atoms with Crippen molar-refractivity contribution in [3.05, 3.63) is 48.5 Å². The molecule has 5 nitrogen and oxygen atoms in total. The van der Waals surface area contributed by atoms with Gasteiger partial charge in [-0.15, -0.1) is 0 Å². The third kappa shape index (κ3) is 6.67. The summed E-state index contributed by atoms with van der Waals surface area (Å²) in [4.78, 5) is 12.2. The molecule has 2 aromatic rings. The lowest BCUT2D eigenvalue weighted by atomic mass is 10.2. The van der Waals surface area contributed by atoms with Crippen LogP contribution in [0.4, 0.5) is 11.4 Å². The Morgan fingerprint density at radius 2 is 1.92 bits per heavy atom. The van der Waals surface area contributed by atoms with E-state index in [2.05, 4.69) is 17.6 Å². The van der Waals surface area contributed by atoms with Crippen LogP contribution in [0.1, 0.15) is 33.6 Å². The predicted octanol–water partition coefficient (Wildman–Crippen LogP) is 4.70. The van der Waals surface area contributed by atoms with Crippen molar-refractivity contribution in [3.8, 4) is 11.5 Å². The van der Waals surface area contributed by atoms with Crippen LogP contribution in [-0.2, 0) is 4.79 Å². The lowest BCUT2D eigenvalue weighted by molar-refractivity contribution is -0.114. The summed E-state index contributed by atoms with van der Waals surface area (Å²) in [6.45, 7) is 6.89. The first kappa shape index (κ1) is 19.6. The van der Waals surface area contributed by atoms with Gasteiger partial charge in [0.1, 0.15) is 11.5 Å². The molecule has 2 N–H and O–H groups in total. The summed E-state index contributed by atoms with van der Waals surface area (Å²) in [5.74, 6) is 1.37. The highest BCUT2D eigenvalue weighted by molar-refractivity contribution is 5.94. The molecule has 5 heteroatoms. The smallest absolute Gasteiger partial charge is 0.243 e. The number of hydrogen-bond donors (Lipinski definition) is 2. The second kappa shape index (κ2) is 10.3. The normalized spacial score (nSPS) is 10.5. The lowest BCUT2D eigenvalue weighted by Crippen LogP contribution is -2.22. The van der Waals surface area contributed by atoms with E-state index in [9.17, 15) is 4.79 Å². The van der Waals surface area contributed by atoms with Crippen molar-refractivity contribution in [3.63, 3.8) is 0 Å². The number of hydrogen-bond acceptors (Lipinski definition) is 4. The number of nitrogens with one attached hydrogen (secondary N) is 2. The number of ether oxygens (including phenoxy) is 2. The Bertz CT molecular complexity index is 701. The van der Waals surface area contributed by atoms with Crippen LogP contribution < -0.4 is 20.1 Å². The second-order valence-electron chi connectivity index (χ2n) is 6.29. The summed E-state index contributed by atoms with van der Waals surface area (Å²) >= 11 is 0. The van der Waals surface area contributed by atoms with Crippen LogP contribution >= 0.6 is 0 Å². The van der Waals surface area contributed by atoms with Crippen molar-refractivity contribution in [2.45, 2.75) is 39.7 Å². The number of amides is 1. The Labute approximate surface area is 155 Å². The number of carbonyl (C=O) groups is 1. The standard InChI is InChI=1S/C21H28N2O3/c1-4-5-13-25-20-12-7-6-11-19(20)22-15-21(24)23-17-9-8-10-18(14-17)26-16(2)3/h6-12,14,16,22H,4-5,13,15H2,1-3H3,(H,23,24). The molecule has 0 saturated carbocycles. The first-order valence-corrected chi connectivity index (χ1v) is 9.10. The molecule has 0 unspecified atom stereocenters. The first-order valence-electron chi connectivity index (χ1n) is 9.10. The maximum absolute atomic E-state index is 12.2. The van der Waals surface area contributed by atoms with Gasteiger partial charge in [0.2, 0.25) is 5.91 Å². The quantitative estimate of drug-likeness (QED) is 0.606. The molecule has 1 amide bonds. The maximum Gasteiger partial charge on any atom is 0.243 e. The SMILES string of the molecule is CCCCOc1ccccc1NCC(=O)Nc1cccc(OC(C)C)c1. The van der Waals surface area contributed by atoms with E-state index in [0.717, 1.165) is 30.0 Å². The van der Waals surface area contributed by atoms with Crippen molar-refractivity contribution in [1.29, 1.82) is 0 Å². The maximum atomic E-state index is 12.2. The zero-order valence-electron chi connectivity index (χ0n) is 15.7. The van der Waals surface area contributed by atoms with Crippen LogP contribution in [0.5, 0.6) is 11.5 Å². The van der Waals surface area contributed by atoms with Crippen LogP contribution in [0, 0.1) is 0 Å². The highest BCUT2D eigenvalue weighted by Crippen LogP contribution is 2.24. The summed E-state index contributed by atoms with van der Waals surface area (Å²) in [6.07, 6.45) is 2.17. The molecule has 0 saturated heterocycles. The van der Waals surface area contributed by atoms with E-state index in [0.29, 0.717) is 12.3 Å². The summed E-state index contributed by atoms with van der Waals surface area (Å²) in [7, 11) is 0. The molecule has 2 rings (SSSR count). The van der Waals surface area contributed by atoms with Crippen LogP contribution in [0.15, 0.2) is 48.5 Å². The highest BCUT2D eigenvalue weighted by atomic mass is 16.5. The fourth-order valence-electron chi connectivity index (χ4n) is 2.37. The van der Waals surface area contributed by atoms with E-state index in [4.69, 9.17) is 9.47 Å². The van der Waals surface area contributed by atoms with Crippen LogP contribution in [0.25, 0.3) is 0 Å². The molecule has 0 spiro atoms. The monoisotopic (exact) mass is 356 g/mol. The predicted molar refractivity (Wildman–Crippen MR) is 106 cm³/mol. The molecule has 0 fully saturated rings. The summed E-state index contributed by atoms with van der Waals surface area (Å²) in [6, 6.07) is 15.0. The summed E-state index contributed by atoms with van der Waals surface area (Å²) in [5.41, 5.74) is 1.53. The van der Waals surface area contributed by atoms with E-state index in [1.54, 1.807) is 0 Å². The topological polar surface area (TPSA) is 59.6 Å². The molecule has 0 bridgehead atoms. The van der Waals surface area contributed by atoms with E-state index < -0.39 is 0 Å². The molecule has 2 aromatic carbocycles. The molecule has 0 aliphatic heterocycles. The molecule has 0 heterocycles. The van der Waals surface area contributed by atoms with Crippen molar-refractivity contribution in [1.82, 2.24) is 0 Å². The molecule has 140 valence electrons. The van der Waals surface area contributed by atoms with Crippen LogP contribution in [-0.4, -0.2) is 25.2 Å². The van der Waals surface area contributed by atoms with Crippen LogP contribution in [0.2, 0.25) is 0 Å². The van der Waals surface area contributed by atoms with Gasteiger partial charge in [0, 0.05) is 11.8 Å². The highest BCUT2D eigenvalue weighted by Gasteiger charge is 2.07. The van der Waals surface area contributed by atoms with Crippen molar-refractivity contribution in [2.75, 3.05) is 23.8 Å². The van der Waals surface area contributed by atoms with Gasteiger partial charge in [-0.1, -0.05) is 31.5 Å². The second-order valence-corrected chi connectivity index (χ2v) is 6.29. The number of carbonyl (C=O) groups excluding carboxylic acids is 1. The van der Waals surface area contributed by atoms with Gasteiger partial charge in [-0.3, -0.25) is 4.79 Å². The Kier molecular flexibility index (Phi) is 7.80. The van der Waals surface area contributed by atoms with Gasteiger partial charge in [-0.05, 0) is 44.5 Å². The number of unbranched alkanes of at least 4 members (excludes halogenated alkanes) is 1. The average molecular weight is 356 g/mol. The van der Waals surface area contributed by atoms with E-state index in [1.807, 2.05) is 62.4 Å². The summed E-state index contributed by atoms with van der Waals surface area (Å²) < 4.78 is 11.4. The third-order valence-electron chi connectivity index (χ3n) is 3.57. The minimum atomic E-state index is -0.130. The van der Waals surface area contributed by atoms with E-state index in [1.165, 1.54) is 0 Å². The van der Waals surface area contributed by atoms with Crippen LogP contribution in [0.3, 0.4) is 0 Å². The molecule has 0 aromatic heterocycles. The fraction of sp³-hybridized carbons (Fsp3) is 0.381. The average Bonchev–Trinajstić information content (AvgIpc) is 2.61. The molecular formula is C21H28N2O3. The van der Waals surface area contributed by atoms with Crippen molar-refractivity contribution >= 4 is 17.3 Å². The molecule has 26 heavy (non-hydrogen) atoms. The van der Waals surface area contributed by atoms with Gasteiger partial charge in [0.05, 0.1) is 24.9 Å². The Morgan fingerprint density at radius 3 is 2.69 bits per heavy atom. The zero-order valence-corrected chi connectivity index (χ0v) is 15.7. The zero-order chi connectivity index (χ0) is 18.8. The molecule has 0 aliphatic rings. The third-order valence-corrected chi connectivity index (χ3v) is 3.57. The van der Waals surface area contributed by atoms with Gasteiger partial charge in [-0.25, -0.2) is 0 Å². The molecular weight excluding hydrogens is 328 g/mol. The van der Waals surface area contributed by atoms with Gasteiger partial charge in [-0.2, -0.15) is 0 Å². The van der Waals surface area contributed by atoms with Gasteiger partial charge >= 0.3 is 0 Å². The minimum Gasteiger partial charge on any atom is -0.491 e. The first-order chi connectivity index (χ1) is 12.6. The van der Waals surface area contributed by atoms with E-state index >= 15 is 0 Å². The summed E-state index contributed by atoms with van der Waals surface area (Å²) in [5, 5.41) is 6.01. The van der Waals surface area contributed by atoms with Gasteiger partial charge in [0.25, 0.3) is 0 Å². The Balaban J connectivity index is 1.89. The molecule has 0 radical (unpaired) electrons. The van der Waals surface area contributed by atoms with Crippen molar-refractivity contribution < 1.29 is 14.3 Å². The number of benzene rings is 2. The van der Waals surface area contributed by atoms with E-state index in [-0.39, 0.29) is 18.6 Å². The van der Waals surface area contributed by atoms with Gasteiger partial charge in [0.15, 0.2) is 0 Å². The number of rotatable bonds is 10. The molecule has 0 aliphatic carbocycles. The fourth-order valence-corrected chi connectivity index (χ4v) is 2.37. The van der Waals surface area contributed by atoms with Gasteiger partial charge < -0.3 is 20.1 Å². The number of anilines is 2. The Hall–Kier alpha value is -2.69. The minimum absolute atomic E-state index is 0.0897. The Morgan fingerprint density at radius 1 is 1.12 bits per heavy atom. The number of para-hydroxylation sites is 2. The van der Waals surface area contributed by atoms with Crippen molar-refractivity contribution in [2.24, 2.45) is 0 Å².